The number of aliphatic hydroxyl groups is 1. The number of nitrogens with zero attached hydrogens (tertiary/aromatic N) is 1. The number of hydrogen-bond donors (Lipinski definition) is 1. The number of benzene rings is 1. The van der Waals surface area contributed by atoms with E-state index in [0.717, 1.165) is 12.8 Å². The molecule has 1 rings (SSSR count). The number of rotatable bonds is 3. The Kier molecular flexibility index (Phi) is 3.73. The second-order valence-corrected chi connectivity index (χ2v) is 2.57. The van der Waals surface area contributed by atoms with E-state index in [-0.39, 0.29) is 0 Å². The highest BCUT2D eigenvalue weighted by atomic mass is 16.2. The Bertz CT molecular complexity index is 271. The highest BCUT2D eigenvalue weighted by molar-refractivity contribution is 5.14. The smallest absolute Gasteiger partial charge is 0.408 e. The quantitative estimate of drug-likeness (QED) is 0.535. The summed E-state index contributed by atoms with van der Waals surface area (Å²) in [6.45, 7) is 0.644. The van der Waals surface area contributed by atoms with Gasteiger partial charge in [0.05, 0.1) is 0 Å². The summed E-state index contributed by atoms with van der Waals surface area (Å²) in [5.74, 6) is 0. The minimum Gasteiger partial charge on any atom is -0.408 e. The molecule has 0 heterocycles. The predicted molar refractivity (Wildman–Crippen MR) is 48.8 cm³/mol. The van der Waals surface area contributed by atoms with Crippen molar-refractivity contribution in [2.45, 2.75) is 12.8 Å². The Balaban J connectivity index is 2.27. The van der Waals surface area contributed by atoms with Crippen molar-refractivity contribution in [1.82, 2.24) is 0 Å². The normalized spacial score (nSPS) is 8.67. The van der Waals surface area contributed by atoms with Crippen molar-refractivity contribution in [3.63, 3.8) is 0 Å². The molecule has 0 aliphatic rings. The zero-order chi connectivity index (χ0) is 8.65. The first-order valence-electron chi connectivity index (χ1n) is 4.03. The van der Waals surface area contributed by atoms with E-state index in [1.54, 1.807) is 6.26 Å². The zero-order valence-electron chi connectivity index (χ0n) is 6.90. The molecule has 2 nitrogen and oxygen atoms in total. The average molecular weight is 162 g/mol. The van der Waals surface area contributed by atoms with Crippen LogP contribution in [-0.4, -0.2) is 11.7 Å². The zero-order valence-corrected chi connectivity index (χ0v) is 6.90. The van der Waals surface area contributed by atoms with E-state index in [0.29, 0.717) is 6.54 Å². The van der Waals surface area contributed by atoms with Crippen LogP contribution in [0.15, 0.2) is 30.3 Å². The lowest BCUT2D eigenvalue weighted by atomic mass is 10.1. The van der Waals surface area contributed by atoms with Gasteiger partial charge in [0.2, 0.25) is 0 Å². The summed E-state index contributed by atoms with van der Waals surface area (Å²) >= 11 is 0. The summed E-state index contributed by atoms with van der Waals surface area (Å²) < 4.78 is 0. The van der Waals surface area contributed by atoms with Crippen LogP contribution in [0.1, 0.15) is 12.0 Å². The van der Waals surface area contributed by atoms with Gasteiger partial charge in [-0.15, -0.1) is 0 Å². The van der Waals surface area contributed by atoms with E-state index in [9.17, 15) is 0 Å². The van der Waals surface area contributed by atoms with Gasteiger partial charge < -0.3 is 5.11 Å². The molecule has 0 atom stereocenters. The van der Waals surface area contributed by atoms with Crippen LogP contribution in [0, 0.1) is 6.26 Å². The summed E-state index contributed by atoms with van der Waals surface area (Å²) in [6, 6.07) is 10.2. The molecule has 0 aliphatic carbocycles. The molecule has 0 aliphatic heterocycles. The van der Waals surface area contributed by atoms with Crippen molar-refractivity contribution < 1.29 is 5.11 Å². The molecule has 0 unspecified atom stereocenters. The first kappa shape index (κ1) is 8.61. The van der Waals surface area contributed by atoms with Crippen LogP contribution in [-0.2, 0) is 6.42 Å². The molecule has 0 fully saturated rings. The molecule has 0 saturated heterocycles. The number of aryl methyl sites for hydroxylation is 1. The minimum atomic E-state index is 0.644. The molecule has 1 N–H and O–H groups in total. The Morgan fingerprint density at radius 1 is 1.25 bits per heavy atom. The van der Waals surface area contributed by atoms with Gasteiger partial charge in [0.25, 0.3) is 6.54 Å². The van der Waals surface area contributed by atoms with Gasteiger partial charge in [-0.1, -0.05) is 30.3 Å². The van der Waals surface area contributed by atoms with Gasteiger partial charge in [0.15, 0.2) is 0 Å². The fraction of sp³-hybridized carbons (Fsp3) is 0.300. The lowest BCUT2D eigenvalue weighted by Crippen LogP contribution is -1.85. The molecule has 1 aromatic rings. The van der Waals surface area contributed by atoms with E-state index in [4.69, 9.17) is 5.11 Å². The predicted octanol–water partition coefficient (Wildman–Crippen LogP) is 2.28. The molecule has 0 saturated carbocycles. The standard InChI is InChI=1S/C10H11NO/c12-9-11-8-4-7-10-5-2-1-3-6-10/h1-3,5-6H,4,7-8H2/p+1. The fourth-order valence-electron chi connectivity index (χ4n) is 1.06. The summed E-state index contributed by atoms with van der Waals surface area (Å²) in [6.07, 6.45) is 3.74. The third-order valence-corrected chi connectivity index (χ3v) is 1.65. The molecule has 2 heteroatoms. The van der Waals surface area contributed by atoms with Crippen molar-refractivity contribution >= 4 is 0 Å². The third kappa shape index (κ3) is 3.07. The van der Waals surface area contributed by atoms with Crippen molar-refractivity contribution in [1.29, 1.82) is 0 Å². The molecule has 62 valence electrons. The third-order valence-electron chi connectivity index (χ3n) is 1.65. The molecule has 0 amide bonds. The number of hydrogen-bond acceptors (Lipinski definition) is 1. The topological polar surface area (TPSA) is 24.6 Å². The van der Waals surface area contributed by atoms with Gasteiger partial charge in [-0.2, -0.15) is 0 Å². The van der Waals surface area contributed by atoms with Crippen LogP contribution in [0.25, 0.3) is 4.85 Å². The van der Waals surface area contributed by atoms with Crippen LogP contribution in [0.2, 0.25) is 0 Å². The van der Waals surface area contributed by atoms with Gasteiger partial charge >= 0.3 is 6.26 Å². The summed E-state index contributed by atoms with van der Waals surface area (Å²) in [4.78, 5) is 3.59. The van der Waals surface area contributed by atoms with Crippen molar-refractivity contribution in [2.24, 2.45) is 0 Å². The van der Waals surface area contributed by atoms with Crippen LogP contribution in [0.5, 0.6) is 0 Å². The molecular formula is C10H12NO+. The summed E-state index contributed by atoms with van der Waals surface area (Å²) in [5, 5.41) is 8.15. The van der Waals surface area contributed by atoms with Gasteiger partial charge in [-0.3, -0.25) is 0 Å². The Labute approximate surface area is 72.3 Å². The average Bonchev–Trinajstić information content (AvgIpc) is 2.14. The van der Waals surface area contributed by atoms with E-state index >= 15 is 0 Å². The van der Waals surface area contributed by atoms with Gasteiger partial charge in [-0.25, -0.2) is 0 Å². The first-order chi connectivity index (χ1) is 5.93. The van der Waals surface area contributed by atoms with Crippen molar-refractivity contribution in [3.8, 4) is 6.26 Å². The number of aliphatic hydroxyl groups excluding tert-OH is 1. The van der Waals surface area contributed by atoms with Gasteiger partial charge in [0, 0.05) is 6.42 Å². The Hall–Kier alpha value is -1.49. The molecule has 0 aromatic heterocycles. The second-order valence-electron chi connectivity index (χ2n) is 2.57. The van der Waals surface area contributed by atoms with E-state index in [1.807, 2.05) is 18.2 Å². The molecule has 0 bridgehead atoms. The first-order valence-corrected chi connectivity index (χ1v) is 4.03. The highest BCUT2D eigenvalue weighted by Gasteiger charge is 1.94. The molecular weight excluding hydrogens is 150 g/mol. The maximum Gasteiger partial charge on any atom is 0.511 e. The highest BCUT2D eigenvalue weighted by Crippen LogP contribution is 2.01. The van der Waals surface area contributed by atoms with Crippen LogP contribution < -0.4 is 0 Å². The van der Waals surface area contributed by atoms with Crippen molar-refractivity contribution in [3.05, 3.63) is 40.7 Å². The monoisotopic (exact) mass is 162 g/mol. The van der Waals surface area contributed by atoms with Crippen LogP contribution in [0.3, 0.4) is 0 Å². The largest absolute Gasteiger partial charge is 0.511 e. The van der Waals surface area contributed by atoms with Crippen LogP contribution >= 0.6 is 0 Å². The van der Waals surface area contributed by atoms with Crippen LogP contribution in [0.4, 0.5) is 0 Å². The van der Waals surface area contributed by atoms with E-state index < -0.39 is 0 Å². The summed E-state index contributed by atoms with van der Waals surface area (Å²) in [5.41, 5.74) is 1.31. The molecule has 0 radical (unpaired) electrons. The lowest BCUT2D eigenvalue weighted by Gasteiger charge is -1.93. The molecule has 12 heavy (non-hydrogen) atoms. The minimum absolute atomic E-state index is 0.644. The molecule has 0 spiro atoms. The van der Waals surface area contributed by atoms with E-state index in [2.05, 4.69) is 17.0 Å². The Morgan fingerprint density at radius 3 is 2.67 bits per heavy atom. The van der Waals surface area contributed by atoms with Crippen molar-refractivity contribution in [2.75, 3.05) is 6.54 Å². The maximum atomic E-state index is 8.15. The summed E-state index contributed by atoms with van der Waals surface area (Å²) in [7, 11) is 0. The lowest BCUT2D eigenvalue weighted by molar-refractivity contribution is 0.514. The van der Waals surface area contributed by atoms with Gasteiger partial charge in [0.1, 0.15) is 0 Å². The SMILES string of the molecule is OC#[N+]CCCc1ccccc1. The maximum absolute atomic E-state index is 8.15. The van der Waals surface area contributed by atoms with E-state index in [1.165, 1.54) is 5.56 Å². The fourth-order valence-corrected chi connectivity index (χ4v) is 1.06. The van der Waals surface area contributed by atoms with Gasteiger partial charge in [-0.05, 0) is 16.8 Å². The Morgan fingerprint density at radius 2 is 2.00 bits per heavy atom. The molecule has 1 aromatic carbocycles. The second kappa shape index (κ2) is 5.20.